The van der Waals surface area contributed by atoms with Gasteiger partial charge in [0, 0.05) is 25.1 Å². The van der Waals surface area contributed by atoms with Crippen LogP contribution in [0.15, 0.2) is 72.8 Å². The van der Waals surface area contributed by atoms with Gasteiger partial charge in [-0.3, -0.25) is 0 Å². The molecule has 2 aliphatic heterocycles. The third kappa shape index (κ3) is 5.04. The van der Waals surface area contributed by atoms with E-state index < -0.39 is 7.75 Å². The highest BCUT2D eigenvalue weighted by atomic mass is 31.2. The van der Waals surface area contributed by atoms with Gasteiger partial charge in [0.05, 0.1) is 6.61 Å². The molecule has 5 rings (SSSR count). The van der Waals surface area contributed by atoms with Crippen molar-refractivity contribution in [1.29, 1.82) is 0 Å². The van der Waals surface area contributed by atoms with Crippen molar-refractivity contribution in [2.45, 2.75) is 12.3 Å². The smallest absolute Gasteiger partial charge is 0.458 e. The maximum absolute atomic E-state index is 13.5. The van der Waals surface area contributed by atoms with Crippen LogP contribution in [-0.2, 0) is 4.57 Å². The fourth-order valence-electron chi connectivity index (χ4n) is 4.41. The average molecular weight is 485 g/mol. The molecule has 34 heavy (non-hydrogen) atoms. The molecule has 3 unspecified atom stereocenters. The molecule has 2 heterocycles. The van der Waals surface area contributed by atoms with Gasteiger partial charge in [-0.25, -0.2) is 8.96 Å². The highest BCUT2D eigenvalue weighted by Gasteiger charge is 2.40. The van der Waals surface area contributed by atoms with E-state index in [0.29, 0.717) is 42.6 Å². The SMILES string of the molecule is O=P(O)(Oc1ccccc1)N1CCC(c2ccc(F)cc2)C(COc2ccc3c(c2)OCO3)C1. The molecule has 0 radical (unpaired) electrons. The van der Waals surface area contributed by atoms with E-state index in [9.17, 15) is 13.8 Å². The van der Waals surface area contributed by atoms with Crippen molar-refractivity contribution in [3.63, 3.8) is 0 Å². The van der Waals surface area contributed by atoms with Crippen molar-refractivity contribution >= 4 is 7.75 Å². The van der Waals surface area contributed by atoms with Gasteiger partial charge in [-0.05, 0) is 54.3 Å². The van der Waals surface area contributed by atoms with Gasteiger partial charge in [0.2, 0.25) is 6.79 Å². The largest absolute Gasteiger partial charge is 0.493 e. The second-order valence-corrected chi connectivity index (χ2v) is 10.1. The molecule has 0 spiro atoms. The van der Waals surface area contributed by atoms with Gasteiger partial charge in [-0.2, -0.15) is 4.67 Å². The molecule has 0 amide bonds. The summed E-state index contributed by atoms with van der Waals surface area (Å²) in [5, 5.41) is 0. The zero-order chi connectivity index (χ0) is 23.5. The summed E-state index contributed by atoms with van der Waals surface area (Å²) in [6, 6.07) is 20.4. The molecule has 3 aromatic rings. The molecule has 0 aliphatic carbocycles. The molecule has 178 valence electrons. The minimum absolute atomic E-state index is 0.0302. The van der Waals surface area contributed by atoms with Crippen LogP contribution in [0.3, 0.4) is 0 Å². The molecular formula is C25H25FNO6P. The summed E-state index contributed by atoms with van der Waals surface area (Å²) in [6.45, 7) is 1.12. The molecular weight excluding hydrogens is 460 g/mol. The summed E-state index contributed by atoms with van der Waals surface area (Å²) in [5.74, 6) is 1.83. The van der Waals surface area contributed by atoms with Gasteiger partial charge >= 0.3 is 7.75 Å². The lowest BCUT2D eigenvalue weighted by atomic mass is 9.81. The Balaban J connectivity index is 1.34. The molecule has 3 atom stereocenters. The van der Waals surface area contributed by atoms with Crippen LogP contribution in [0.4, 0.5) is 4.39 Å². The van der Waals surface area contributed by atoms with Crippen LogP contribution >= 0.6 is 7.75 Å². The minimum atomic E-state index is -4.08. The molecule has 0 saturated carbocycles. The number of halogens is 1. The summed E-state index contributed by atoms with van der Waals surface area (Å²) < 4.78 is 50.4. The first kappa shape index (κ1) is 22.7. The van der Waals surface area contributed by atoms with E-state index >= 15 is 0 Å². The molecule has 0 aromatic heterocycles. The van der Waals surface area contributed by atoms with Crippen molar-refractivity contribution < 1.29 is 32.6 Å². The molecule has 1 saturated heterocycles. The number of ether oxygens (including phenoxy) is 3. The van der Waals surface area contributed by atoms with Crippen molar-refractivity contribution in [3.8, 4) is 23.0 Å². The molecule has 1 fully saturated rings. The molecule has 2 aliphatic rings. The predicted molar refractivity (Wildman–Crippen MR) is 124 cm³/mol. The molecule has 3 aromatic carbocycles. The van der Waals surface area contributed by atoms with E-state index in [2.05, 4.69) is 0 Å². The van der Waals surface area contributed by atoms with E-state index in [-0.39, 0.29) is 31.0 Å². The van der Waals surface area contributed by atoms with Crippen LogP contribution in [0.2, 0.25) is 0 Å². The fourth-order valence-corrected chi connectivity index (χ4v) is 5.70. The molecule has 9 heteroatoms. The van der Waals surface area contributed by atoms with Gasteiger partial charge in [-0.1, -0.05) is 30.3 Å². The van der Waals surface area contributed by atoms with E-state index in [1.165, 1.54) is 16.8 Å². The van der Waals surface area contributed by atoms with Crippen LogP contribution in [0.5, 0.6) is 23.0 Å². The quantitative estimate of drug-likeness (QED) is 0.460. The van der Waals surface area contributed by atoms with E-state index in [0.717, 1.165) is 5.56 Å². The van der Waals surface area contributed by atoms with Crippen LogP contribution < -0.4 is 18.7 Å². The number of piperidine rings is 1. The Morgan fingerprint density at radius 2 is 1.76 bits per heavy atom. The number of benzene rings is 3. The molecule has 1 N–H and O–H groups in total. The predicted octanol–water partition coefficient (Wildman–Crippen LogP) is 5.22. The average Bonchev–Trinajstić information content (AvgIpc) is 3.31. The Labute approximate surface area is 197 Å². The zero-order valence-electron chi connectivity index (χ0n) is 18.4. The Bertz CT molecular complexity index is 1180. The van der Waals surface area contributed by atoms with Crippen molar-refractivity contribution in [3.05, 3.63) is 84.2 Å². The van der Waals surface area contributed by atoms with Crippen molar-refractivity contribution in [1.82, 2.24) is 4.67 Å². The van der Waals surface area contributed by atoms with Crippen molar-refractivity contribution in [2.24, 2.45) is 5.92 Å². The highest BCUT2D eigenvalue weighted by Crippen LogP contribution is 2.50. The fraction of sp³-hybridized carbons (Fsp3) is 0.280. The lowest BCUT2D eigenvalue weighted by Gasteiger charge is -2.39. The van der Waals surface area contributed by atoms with E-state index in [1.807, 2.05) is 6.07 Å². The zero-order valence-corrected chi connectivity index (χ0v) is 19.3. The molecule has 7 nitrogen and oxygen atoms in total. The van der Waals surface area contributed by atoms with Gasteiger partial charge in [0.15, 0.2) is 11.5 Å². The highest BCUT2D eigenvalue weighted by molar-refractivity contribution is 7.50. The third-order valence-corrected chi connectivity index (χ3v) is 7.67. The number of rotatable bonds is 7. The first-order valence-corrected chi connectivity index (χ1v) is 12.6. The van der Waals surface area contributed by atoms with Gasteiger partial charge < -0.3 is 23.6 Å². The van der Waals surface area contributed by atoms with E-state index in [4.69, 9.17) is 18.7 Å². The summed E-state index contributed by atoms with van der Waals surface area (Å²) in [6.07, 6.45) is 0.601. The Morgan fingerprint density at radius 3 is 2.56 bits per heavy atom. The number of hydrogen-bond acceptors (Lipinski definition) is 5. The van der Waals surface area contributed by atoms with Crippen molar-refractivity contribution in [2.75, 3.05) is 26.5 Å². The Hall–Kier alpha value is -3.06. The Kier molecular flexibility index (Phi) is 6.46. The first-order chi connectivity index (χ1) is 16.5. The number of hydrogen-bond donors (Lipinski definition) is 1. The third-order valence-electron chi connectivity index (χ3n) is 6.14. The lowest BCUT2D eigenvalue weighted by molar-refractivity contribution is 0.139. The minimum Gasteiger partial charge on any atom is -0.493 e. The van der Waals surface area contributed by atoms with E-state index in [1.54, 1.807) is 54.6 Å². The molecule has 0 bridgehead atoms. The number of fused-ring (bicyclic) bond motifs is 1. The Morgan fingerprint density at radius 1 is 1.00 bits per heavy atom. The van der Waals surface area contributed by atoms with Crippen LogP contribution in [0.1, 0.15) is 17.9 Å². The number of nitrogens with zero attached hydrogens (tertiary/aromatic N) is 1. The van der Waals surface area contributed by atoms with Gasteiger partial charge in [-0.15, -0.1) is 0 Å². The van der Waals surface area contributed by atoms with Crippen LogP contribution in [-0.4, -0.2) is 36.1 Å². The maximum atomic E-state index is 13.5. The lowest BCUT2D eigenvalue weighted by Crippen LogP contribution is -2.41. The standard InChI is InChI=1S/C25H25FNO6P/c26-20-8-6-18(7-9-20)23-12-13-27(34(28,29)33-21-4-2-1-3-5-21)15-19(23)16-30-22-10-11-24-25(14-22)32-17-31-24/h1-11,14,19,23H,12-13,15-17H2,(H,28,29). The summed E-state index contributed by atoms with van der Waals surface area (Å²) in [5.41, 5.74) is 0.970. The number of para-hydroxylation sites is 1. The summed E-state index contributed by atoms with van der Waals surface area (Å²) >= 11 is 0. The van der Waals surface area contributed by atoms with Crippen LogP contribution in [0.25, 0.3) is 0 Å². The first-order valence-electron chi connectivity index (χ1n) is 11.1. The normalized spacial score (nSPS) is 21.6. The van der Waals surface area contributed by atoms with Crippen LogP contribution in [0, 0.1) is 11.7 Å². The second-order valence-electron chi connectivity index (χ2n) is 8.34. The summed E-state index contributed by atoms with van der Waals surface area (Å²) in [4.78, 5) is 10.7. The van der Waals surface area contributed by atoms with Gasteiger partial charge in [0.1, 0.15) is 17.3 Å². The summed E-state index contributed by atoms with van der Waals surface area (Å²) in [7, 11) is -4.08. The topological polar surface area (TPSA) is 77.5 Å². The monoisotopic (exact) mass is 485 g/mol. The second kappa shape index (κ2) is 9.66. The van der Waals surface area contributed by atoms with Gasteiger partial charge in [0.25, 0.3) is 0 Å². The maximum Gasteiger partial charge on any atom is 0.458 e.